The third-order valence-electron chi connectivity index (χ3n) is 2.76. The van der Waals surface area contributed by atoms with Crippen molar-refractivity contribution in [1.82, 2.24) is 5.32 Å². The Morgan fingerprint density at radius 1 is 1.35 bits per heavy atom. The van der Waals surface area contributed by atoms with E-state index >= 15 is 0 Å². The van der Waals surface area contributed by atoms with Gasteiger partial charge in [0.05, 0.1) is 5.54 Å². The summed E-state index contributed by atoms with van der Waals surface area (Å²) in [5.41, 5.74) is -1.42. The number of aldehydes is 1. The smallest absolute Gasteiger partial charge is 0.408 e. The number of hydrogen-bond donors (Lipinski definition) is 1. The average Bonchev–Trinajstić information content (AvgIpc) is 2.14. The highest BCUT2D eigenvalue weighted by Crippen LogP contribution is 2.20. The summed E-state index contributed by atoms with van der Waals surface area (Å²) < 4.78 is 5.15. The maximum Gasteiger partial charge on any atom is 0.408 e. The van der Waals surface area contributed by atoms with E-state index in [1.54, 1.807) is 27.7 Å². The van der Waals surface area contributed by atoms with Crippen molar-refractivity contribution in [2.24, 2.45) is 5.92 Å². The van der Waals surface area contributed by atoms with Gasteiger partial charge in [0.2, 0.25) is 0 Å². The average molecular weight is 243 g/mol. The lowest BCUT2D eigenvalue weighted by atomic mass is 9.85. The molecule has 1 N–H and O–H groups in total. The molecule has 0 aliphatic carbocycles. The first kappa shape index (κ1) is 15.9. The summed E-state index contributed by atoms with van der Waals surface area (Å²) in [4.78, 5) is 22.8. The highest BCUT2D eigenvalue weighted by atomic mass is 16.6. The Labute approximate surface area is 104 Å². The highest BCUT2D eigenvalue weighted by molar-refractivity contribution is 5.76. The lowest BCUT2D eigenvalue weighted by Gasteiger charge is -2.32. The molecule has 0 aliphatic rings. The molecule has 17 heavy (non-hydrogen) atoms. The minimum Gasteiger partial charge on any atom is -0.444 e. The molecule has 2 atom stereocenters. The predicted octanol–water partition coefficient (Wildman–Crippen LogP) is 2.90. The third kappa shape index (κ3) is 5.71. The Balaban J connectivity index is 4.58. The van der Waals surface area contributed by atoms with Crippen molar-refractivity contribution in [2.45, 2.75) is 65.5 Å². The molecule has 0 radical (unpaired) electrons. The van der Waals surface area contributed by atoms with Gasteiger partial charge in [-0.1, -0.05) is 20.3 Å². The molecular formula is C13H25NO3. The van der Waals surface area contributed by atoms with E-state index in [2.05, 4.69) is 12.2 Å². The van der Waals surface area contributed by atoms with Crippen molar-refractivity contribution < 1.29 is 14.3 Å². The maximum absolute atomic E-state index is 11.6. The molecule has 0 aromatic rings. The van der Waals surface area contributed by atoms with E-state index in [0.29, 0.717) is 0 Å². The molecule has 0 aliphatic heterocycles. The summed E-state index contributed by atoms with van der Waals surface area (Å²) in [7, 11) is 0. The number of rotatable bonds is 5. The van der Waals surface area contributed by atoms with E-state index in [1.165, 1.54) is 0 Å². The van der Waals surface area contributed by atoms with E-state index in [-0.39, 0.29) is 5.92 Å². The van der Waals surface area contributed by atoms with Gasteiger partial charge in [0.15, 0.2) is 0 Å². The number of alkyl carbamates (subject to hydrolysis) is 1. The monoisotopic (exact) mass is 243 g/mol. The molecule has 0 fully saturated rings. The Morgan fingerprint density at radius 3 is 2.24 bits per heavy atom. The van der Waals surface area contributed by atoms with Crippen LogP contribution in [0.2, 0.25) is 0 Å². The number of ether oxygens (including phenoxy) is 1. The molecular weight excluding hydrogens is 218 g/mol. The van der Waals surface area contributed by atoms with Gasteiger partial charge in [-0.3, -0.25) is 0 Å². The predicted molar refractivity (Wildman–Crippen MR) is 67.9 cm³/mol. The van der Waals surface area contributed by atoms with Gasteiger partial charge >= 0.3 is 6.09 Å². The zero-order valence-electron chi connectivity index (χ0n) is 11.8. The van der Waals surface area contributed by atoms with Gasteiger partial charge in [-0.05, 0) is 40.0 Å². The first-order valence-corrected chi connectivity index (χ1v) is 6.12. The third-order valence-corrected chi connectivity index (χ3v) is 2.76. The molecule has 0 saturated carbocycles. The van der Waals surface area contributed by atoms with Crippen LogP contribution in [-0.2, 0) is 9.53 Å². The van der Waals surface area contributed by atoms with Crippen LogP contribution in [0.1, 0.15) is 54.4 Å². The Morgan fingerprint density at radius 2 is 1.88 bits per heavy atom. The van der Waals surface area contributed by atoms with Crippen LogP contribution < -0.4 is 5.32 Å². The Hall–Kier alpha value is -1.06. The summed E-state index contributed by atoms with van der Waals surface area (Å²) >= 11 is 0. The zero-order chi connectivity index (χ0) is 13.7. The topological polar surface area (TPSA) is 55.4 Å². The van der Waals surface area contributed by atoms with Crippen LogP contribution in [0.5, 0.6) is 0 Å². The molecule has 4 heteroatoms. The number of amides is 1. The van der Waals surface area contributed by atoms with Gasteiger partial charge in [0.1, 0.15) is 11.9 Å². The summed E-state index contributed by atoms with van der Waals surface area (Å²) in [6.07, 6.45) is 2.10. The van der Waals surface area contributed by atoms with Gasteiger partial charge in [-0.25, -0.2) is 4.79 Å². The number of hydrogen-bond acceptors (Lipinski definition) is 3. The van der Waals surface area contributed by atoms with Crippen molar-refractivity contribution in [3.8, 4) is 0 Å². The molecule has 2 unspecified atom stereocenters. The summed E-state index contributed by atoms with van der Waals surface area (Å²) in [5, 5.41) is 2.65. The molecule has 0 aromatic carbocycles. The van der Waals surface area contributed by atoms with E-state index in [1.807, 2.05) is 6.92 Å². The van der Waals surface area contributed by atoms with Crippen molar-refractivity contribution >= 4 is 12.4 Å². The Kier molecular flexibility index (Phi) is 5.66. The molecule has 1 amide bonds. The number of nitrogens with one attached hydrogen (secondary N) is 1. The maximum atomic E-state index is 11.6. The number of carbonyl (C=O) groups is 2. The summed E-state index contributed by atoms with van der Waals surface area (Å²) in [6, 6.07) is 0. The standard InChI is InChI=1S/C13H25NO3/c1-7-8-10(2)13(6,9-15)14-11(16)17-12(3,4)5/h9-10H,7-8H2,1-6H3,(H,14,16). The normalized spacial score (nSPS) is 16.8. The second-order valence-corrected chi connectivity index (χ2v) is 5.72. The zero-order valence-corrected chi connectivity index (χ0v) is 11.8. The minimum atomic E-state index is -0.863. The largest absolute Gasteiger partial charge is 0.444 e. The molecule has 0 spiro atoms. The van der Waals surface area contributed by atoms with Crippen LogP contribution in [-0.4, -0.2) is 23.5 Å². The van der Waals surface area contributed by atoms with E-state index in [9.17, 15) is 9.59 Å². The molecule has 100 valence electrons. The van der Waals surface area contributed by atoms with Gasteiger partial charge in [0, 0.05) is 0 Å². The van der Waals surface area contributed by atoms with Crippen LogP contribution in [0, 0.1) is 5.92 Å². The number of carbonyl (C=O) groups excluding carboxylic acids is 2. The fourth-order valence-corrected chi connectivity index (χ4v) is 1.53. The van der Waals surface area contributed by atoms with Crippen molar-refractivity contribution in [1.29, 1.82) is 0 Å². The fraction of sp³-hybridized carbons (Fsp3) is 0.846. The van der Waals surface area contributed by atoms with Crippen LogP contribution in [0.4, 0.5) is 4.79 Å². The quantitative estimate of drug-likeness (QED) is 0.755. The second-order valence-electron chi connectivity index (χ2n) is 5.72. The lowest BCUT2D eigenvalue weighted by Crippen LogP contribution is -2.53. The van der Waals surface area contributed by atoms with Crippen molar-refractivity contribution in [3.05, 3.63) is 0 Å². The van der Waals surface area contributed by atoms with Crippen molar-refractivity contribution in [3.63, 3.8) is 0 Å². The van der Waals surface area contributed by atoms with Crippen LogP contribution in [0.25, 0.3) is 0 Å². The van der Waals surface area contributed by atoms with Gasteiger partial charge < -0.3 is 14.8 Å². The van der Waals surface area contributed by atoms with Crippen molar-refractivity contribution in [2.75, 3.05) is 0 Å². The van der Waals surface area contributed by atoms with E-state index in [4.69, 9.17) is 4.74 Å². The SMILES string of the molecule is CCCC(C)C(C)(C=O)NC(=O)OC(C)(C)C. The molecule has 0 aromatic heterocycles. The molecule has 4 nitrogen and oxygen atoms in total. The van der Waals surface area contributed by atoms with Crippen LogP contribution >= 0.6 is 0 Å². The Bertz CT molecular complexity index is 270. The fourth-order valence-electron chi connectivity index (χ4n) is 1.53. The summed E-state index contributed by atoms with van der Waals surface area (Å²) in [5.74, 6) is 0.0810. The molecule has 0 rings (SSSR count). The minimum absolute atomic E-state index is 0.0810. The first-order chi connectivity index (χ1) is 7.64. The van der Waals surface area contributed by atoms with E-state index < -0.39 is 17.2 Å². The van der Waals surface area contributed by atoms with Crippen LogP contribution in [0.15, 0.2) is 0 Å². The summed E-state index contributed by atoms with van der Waals surface area (Å²) in [6.45, 7) is 11.1. The van der Waals surface area contributed by atoms with Gasteiger partial charge in [-0.15, -0.1) is 0 Å². The van der Waals surface area contributed by atoms with Gasteiger partial charge in [0.25, 0.3) is 0 Å². The van der Waals surface area contributed by atoms with E-state index in [0.717, 1.165) is 19.1 Å². The first-order valence-electron chi connectivity index (χ1n) is 6.12. The lowest BCUT2D eigenvalue weighted by molar-refractivity contribution is -0.114. The van der Waals surface area contributed by atoms with Gasteiger partial charge in [-0.2, -0.15) is 0 Å². The van der Waals surface area contributed by atoms with Crippen LogP contribution in [0.3, 0.4) is 0 Å². The molecule has 0 heterocycles. The molecule has 0 bridgehead atoms. The molecule has 0 saturated heterocycles. The second kappa shape index (κ2) is 6.03. The highest BCUT2D eigenvalue weighted by Gasteiger charge is 2.33.